The van der Waals surface area contributed by atoms with Gasteiger partial charge in [-0.2, -0.15) is 0 Å². The number of carbonyl (C=O) groups is 2. The van der Waals surface area contributed by atoms with E-state index in [1.165, 1.54) is 5.56 Å². The number of methoxy groups -OCH3 is 1. The summed E-state index contributed by atoms with van der Waals surface area (Å²) in [4.78, 5) is 29.9. The number of rotatable bonds is 7. The van der Waals surface area contributed by atoms with Gasteiger partial charge >= 0.3 is 0 Å². The average molecular weight is 559 g/mol. The molecule has 0 bridgehead atoms. The second-order valence-corrected chi connectivity index (χ2v) is 12.0. The number of amides is 1. The lowest BCUT2D eigenvalue weighted by molar-refractivity contribution is -0.128. The summed E-state index contributed by atoms with van der Waals surface area (Å²) < 4.78 is 32.1. The Hall–Kier alpha value is -2.91. The van der Waals surface area contributed by atoms with Crippen LogP contribution in [0.1, 0.15) is 70.9 Å². The van der Waals surface area contributed by atoms with Crippen LogP contribution < -0.4 is 15.5 Å². The van der Waals surface area contributed by atoms with Gasteiger partial charge in [0.1, 0.15) is 11.8 Å². The molecule has 7 nitrogen and oxygen atoms in total. The van der Waals surface area contributed by atoms with Crippen molar-refractivity contribution in [3.63, 3.8) is 0 Å². The Bertz CT molecular complexity index is 1100. The number of benzene rings is 1. The van der Waals surface area contributed by atoms with Gasteiger partial charge in [-0.05, 0) is 55.4 Å². The Labute approximate surface area is 237 Å². The summed E-state index contributed by atoms with van der Waals surface area (Å²) in [6.07, 6.45) is 5.53. The minimum Gasteiger partial charge on any atom is -0.380 e. The fraction of sp³-hybridized carbons (Fsp3) is 0.581. The van der Waals surface area contributed by atoms with Crippen molar-refractivity contribution in [2.24, 2.45) is 0 Å². The molecule has 3 unspecified atom stereocenters. The number of aldehydes is 1. The number of likely N-dealkylation sites (N-methyl/N-ethyl adjacent to an activating group) is 1. The molecule has 1 amide bonds. The van der Waals surface area contributed by atoms with E-state index >= 15 is 0 Å². The molecule has 220 valence electrons. The van der Waals surface area contributed by atoms with Crippen LogP contribution in [0.15, 0.2) is 48.8 Å². The Morgan fingerprint density at radius 1 is 1.12 bits per heavy atom. The third-order valence-corrected chi connectivity index (χ3v) is 8.13. The number of halogens is 2. The van der Waals surface area contributed by atoms with Crippen molar-refractivity contribution in [3.8, 4) is 0 Å². The number of anilines is 1. The van der Waals surface area contributed by atoms with Crippen molar-refractivity contribution in [1.29, 1.82) is 0 Å². The highest BCUT2D eigenvalue weighted by Gasteiger charge is 2.42. The van der Waals surface area contributed by atoms with Gasteiger partial charge in [0, 0.05) is 63.2 Å². The van der Waals surface area contributed by atoms with Gasteiger partial charge in [0.15, 0.2) is 0 Å². The first-order valence-corrected chi connectivity index (χ1v) is 14.0. The Kier molecular flexibility index (Phi) is 10.4. The van der Waals surface area contributed by atoms with Crippen molar-refractivity contribution < 1.29 is 23.1 Å². The first-order chi connectivity index (χ1) is 18.8. The second kappa shape index (κ2) is 13.2. The zero-order valence-electron chi connectivity index (χ0n) is 24.5. The van der Waals surface area contributed by atoms with E-state index in [2.05, 4.69) is 48.5 Å². The normalized spacial score (nSPS) is 22.4. The molecule has 2 aromatic rings. The van der Waals surface area contributed by atoms with E-state index in [-0.39, 0.29) is 55.2 Å². The highest BCUT2D eigenvalue weighted by atomic mass is 19.3. The van der Waals surface area contributed by atoms with Gasteiger partial charge in [0.05, 0.1) is 12.1 Å². The number of nitrogens with zero attached hydrogens (tertiary/aromatic N) is 2. The number of alkyl halides is 2. The monoisotopic (exact) mass is 558 g/mol. The maximum atomic E-state index is 13.6. The van der Waals surface area contributed by atoms with Gasteiger partial charge in [-0.3, -0.25) is 9.78 Å². The molecule has 40 heavy (non-hydrogen) atoms. The molecule has 2 aliphatic rings. The molecular formula is C31H44F2N4O3. The van der Waals surface area contributed by atoms with Gasteiger partial charge in [-0.25, -0.2) is 8.78 Å². The van der Waals surface area contributed by atoms with E-state index in [0.717, 1.165) is 30.5 Å². The molecule has 9 heteroatoms. The topological polar surface area (TPSA) is 83.6 Å². The van der Waals surface area contributed by atoms with E-state index in [4.69, 9.17) is 4.74 Å². The number of aromatic nitrogens is 1. The molecular weight excluding hydrogens is 514 g/mol. The highest BCUT2D eigenvalue weighted by molar-refractivity contribution is 5.91. The van der Waals surface area contributed by atoms with Crippen LogP contribution in [0.2, 0.25) is 0 Å². The highest BCUT2D eigenvalue weighted by Crippen LogP contribution is 2.36. The Morgan fingerprint density at radius 2 is 1.77 bits per heavy atom. The van der Waals surface area contributed by atoms with Crippen LogP contribution in [-0.4, -0.2) is 62.0 Å². The summed E-state index contributed by atoms with van der Waals surface area (Å²) in [5.41, 5.74) is 1.84. The fourth-order valence-electron chi connectivity index (χ4n) is 5.10. The zero-order chi connectivity index (χ0) is 29.6. The molecule has 3 atom stereocenters. The van der Waals surface area contributed by atoms with Crippen LogP contribution >= 0.6 is 0 Å². The quantitative estimate of drug-likeness (QED) is 0.466. The maximum Gasteiger partial charge on any atom is 0.250 e. The van der Waals surface area contributed by atoms with Crippen LogP contribution in [0.3, 0.4) is 0 Å². The summed E-state index contributed by atoms with van der Waals surface area (Å²) in [5.74, 6) is -2.84. The van der Waals surface area contributed by atoms with Crippen molar-refractivity contribution in [3.05, 3.63) is 59.9 Å². The summed E-state index contributed by atoms with van der Waals surface area (Å²) in [5, 5.41) is 6.05. The number of pyridine rings is 1. The lowest BCUT2D eigenvalue weighted by atomic mass is 9.86. The second-order valence-electron chi connectivity index (χ2n) is 12.0. The van der Waals surface area contributed by atoms with Crippen LogP contribution in [0.5, 0.6) is 0 Å². The molecule has 1 aliphatic carbocycles. The number of hydrogen-bond acceptors (Lipinski definition) is 6. The summed E-state index contributed by atoms with van der Waals surface area (Å²) in [6.45, 7) is 9.14. The third-order valence-electron chi connectivity index (χ3n) is 8.13. The van der Waals surface area contributed by atoms with E-state index in [1.807, 2.05) is 37.1 Å². The number of nitrogens with one attached hydrogen (secondary N) is 2. The lowest BCUT2D eigenvalue weighted by Crippen LogP contribution is -2.56. The standard InChI is InChI=1S/C25H33F2N3O.C6H11NO2/c1-23(2,3)18-8-10-21(11-9-18)30(5)24(4,19-7-6-16-28-17-19)22(31)29-20-12-14-25(26,27)15-13-20;1-9-6-2-5(4-8)7-3-6/h6-11,16-17,20H,12-15H2,1-5H3,(H,29,31);4-7H,2-3H2,1H3. The van der Waals surface area contributed by atoms with Crippen LogP contribution in [-0.2, 0) is 25.3 Å². The molecule has 2 heterocycles. The summed E-state index contributed by atoms with van der Waals surface area (Å²) in [6, 6.07) is 11.6. The van der Waals surface area contributed by atoms with E-state index in [1.54, 1.807) is 25.6 Å². The van der Waals surface area contributed by atoms with Gasteiger partial charge in [0.2, 0.25) is 5.92 Å². The molecule has 1 aromatic carbocycles. The Balaban J connectivity index is 0.000000415. The van der Waals surface area contributed by atoms with E-state index < -0.39 is 11.5 Å². The first-order valence-electron chi connectivity index (χ1n) is 14.0. The SMILES string of the molecule is CN(c1ccc(C(C)(C)C)cc1)C(C)(C(=O)NC1CCC(F)(F)CC1)c1cccnc1.COC1CNC(C=O)C1. The molecule has 1 aliphatic heterocycles. The predicted octanol–water partition coefficient (Wildman–Crippen LogP) is 4.99. The molecule has 2 fully saturated rings. The molecule has 1 aromatic heterocycles. The Morgan fingerprint density at radius 3 is 2.25 bits per heavy atom. The van der Waals surface area contributed by atoms with Crippen molar-refractivity contribution >= 4 is 17.9 Å². The first kappa shape index (κ1) is 31.6. The molecule has 4 rings (SSSR count). The smallest absolute Gasteiger partial charge is 0.250 e. The van der Waals surface area contributed by atoms with Crippen molar-refractivity contribution in [2.75, 3.05) is 25.6 Å². The van der Waals surface area contributed by atoms with Gasteiger partial charge < -0.3 is 25.1 Å². The average Bonchev–Trinajstić information content (AvgIpc) is 3.42. The van der Waals surface area contributed by atoms with Crippen molar-refractivity contribution in [1.82, 2.24) is 15.6 Å². The van der Waals surface area contributed by atoms with Crippen LogP contribution in [0, 0.1) is 0 Å². The minimum atomic E-state index is -2.63. The molecule has 0 spiro atoms. The third kappa shape index (κ3) is 7.85. The largest absolute Gasteiger partial charge is 0.380 e. The van der Waals surface area contributed by atoms with Crippen LogP contribution in [0.25, 0.3) is 0 Å². The maximum absolute atomic E-state index is 13.6. The van der Waals surface area contributed by atoms with Gasteiger partial charge in [-0.1, -0.05) is 39.0 Å². The number of hydrogen-bond donors (Lipinski definition) is 2. The fourth-order valence-corrected chi connectivity index (χ4v) is 5.10. The van der Waals surface area contributed by atoms with Gasteiger partial charge in [0.25, 0.3) is 5.91 Å². The van der Waals surface area contributed by atoms with E-state index in [9.17, 15) is 18.4 Å². The van der Waals surface area contributed by atoms with Crippen molar-refractivity contribution in [2.45, 2.75) is 94.9 Å². The lowest BCUT2D eigenvalue weighted by Gasteiger charge is -2.41. The number of carbonyl (C=O) groups excluding carboxylic acids is 2. The molecule has 1 saturated carbocycles. The predicted molar refractivity (Wildman–Crippen MR) is 154 cm³/mol. The summed E-state index contributed by atoms with van der Waals surface area (Å²) in [7, 11) is 3.55. The molecule has 2 N–H and O–H groups in total. The molecule has 0 radical (unpaired) electrons. The zero-order valence-corrected chi connectivity index (χ0v) is 24.5. The molecule has 1 saturated heterocycles. The van der Waals surface area contributed by atoms with Gasteiger partial charge in [-0.15, -0.1) is 0 Å². The van der Waals surface area contributed by atoms with Crippen LogP contribution in [0.4, 0.5) is 14.5 Å². The summed E-state index contributed by atoms with van der Waals surface area (Å²) >= 11 is 0. The number of ether oxygens (including phenoxy) is 1. The minimum absolute atomic E-state index is 0.0231. The van der Waals surface area contributed by atoms with E-state index in [0.29, 0.717) is 0 Å².